The minimum Gasteiger partial charge on any atom is -0.459 e. The number of nitrogens with one attached hydrogen (secondary N) is 1. The van der Waals surface area contributed by atoms with Gasteiger partial charge in [-0.25, -0.2) is 5.84 Å². The molecule has 1 amide bonds. The molecule has 18 heavy (non-hydrogen) atoms. The average molecular weight is 262 g/mol. The number of thioether (sulfide) groups is 1. The molecule has 2 aromatic rings. The highest BCUT2D eigenvalue weighted by Gasteiger charge is 2.14. The minimum absolute atomic E-state index is 0.276. The molecule has 0 atom stereocenters. The summed E-state index contributed by atoms with van der Waals surface area (Å²) >= 11 is 1.67. The monoisotopic (exact) mass is 262 g/mol. The topological polar surface area (TPSA) is 68.3 Å². The zero-order chi connectivity index (χ0) is 13.0. The Bertz CT molecular complexity index is 551. The number of hydrogen-bond donors (Lipinski definition) is 2. The molecule has 5 heteroatoms. The van der Waals surface area contributed by atoms with Gasteiger partial charge in [0.05, 0.1) is 6.26 Å². The minimum atomic E-state index is -0.402. The number of furan rings is 1. The summed E-state index contributed by atoms with van der Waals surface area (Å²) in [5, 5.41) is 0. The first-order valence-corrected chi connectivity index (χ1v) is 6.46. The van der Waals surface area contributed by atoms with Crippen molar-refractivity contribution in [2.45, 2.75) is 17.6 Å². The lowest BCUT2D eigenvalue weighted by atomic mass is 10.2. The molecule has 0 radical (unpaired) electrons. The van der Waals surface area contributed by atoms with Gasteiger partial charge in [0.25, 0.3) is 0 Å². The molecule has 4 nitrogen and oxygen atoms in total. The van der Waals surface area contributed by atoms with Crippen LogP contribution in [0.25, 0.3) is 0 Å². The van der Waals surface area contributed by atoms with Gasteiger partial charge in [-0.1, -0.05) is 18.2 Å². The summed E-state index contributed by atoms with van der Waals surface area (Å²) in [5.41, 5.74) is 4.13. The van der Waals surface area contributed by atoms with Gasteiger partial charge in [0.1, 0.15) is 0 Å². The Morgan fingerprint density at radius 3 is 2.89 bits per heavy atom. The van der Waals surface area contributed by atoms with E-state index in [-0.39, 0.29) is 5.76 Å². The third-order valence-electron chi connectivity index (χ3n) is 2.56. The number of rotatable bonds is 4. The Morgan fingerprint density at radius 1 is 1.39 bits per heavy atom. The molecular formula is C13H14N2O2S. The molecular weight excluding hydrogens is 248 g/mol. The van der Waals surface area contributed by atoms with Crippen molar-refractivity contribution >= 4 is 17.7 Å². The molecule has 0 saturated heterocycles. The molecule has 94 valence electrons. The fraction of sp³-hybridized carbons (Fsp3) is 0.154. The predicted octanol–water partition coefficient (Wildman–Crippen LogP) is 2.48. The Labute approximate surface area is 110 Å². The van der Waals surface area contributed by atoms with Crippen LogP contribution < -0.4 is 11.3 Å². The first-order chi connectivity index (χ1) is 8.72. The van der Waals surface area contributed by atoms with Crippen LogP contribution in [-0.4, -0.2) is 5.91 Å². The molecule has 0 aliphatic carbocycles. The molecule has 1 heterocycles. The fourth-order valence-electron chi connectivity index (χ4n) is 1.59. The number of hydrogen-bond acceptors (Lipinski definition) is 4. The summed E-state index contributed by atoms with van der Waals surface area (Å²) in [5.74, 6) is 5.64. The van der Waals surface area contributed by atoms with E-state index in [9.17, 15) is 4.79 Å². The number of hydrazine groups is 1. The molecule has 3 N–H and O–H groups in total. The SMILES string of the molecule is Cc1ccccc1SCc1ccoc1C(=O)NN. The van der Waals surface area contributed by atoms with E-state index in [1.54, 1.807) is 17.8 Å². The van der Waals surface area contributed by atoms with E-state index in [4.69, 9.17) is 10.3 Å². The maximum absolute atomic E-state index is 11.4. The average Bonchev–Trinajstić information content (AvgIpc) is 2.85. The Morgan fingerprint density at radius 2 is 2.17 bits per heavy atom. The molecule has 0 unspecified atom stereocenters. The van der Waals surface area contributed by atoms with E-state index in [0.717, 1.165) is 5.56 Å². The number of aryl methyl sites for hydroxylation is 1. The van der Waals surface area contributed by atoms with Crippen LogP contribution in [0.1, 0.15) is 21.7 Å². The van der Waals surface area contributed by atoms with Gasteiger partial charge < -0.3 is 4.42 Å². The Balaban J connectivity index is 2.09. The summed E-state index contributed by atoms with van der Waals surface area (Å²) in [6, 6.07) is 9.91. The van der Waals surface area contributed by atoms with Crippen molar-refractivity contribution in [1.82, 2.24) is 5.43 Å². The third-order valence-corrected chi connectivity index (χ3v) is 3.79. The highest BCUT2D eigenvalue weighted by molar-refractivity contribution is 7.98. The Hall–Kier alpha value is -1.72. The fourth-order valence-corrected chi connectivity index (χ4v) is 2.60. The lowest BCUT2D eigenvalue weighted by molar-refractivity contribution is 0.0925. The molecule has 1 aromatic carbocycles. The van der Waals surface area contributed by atoms with Crippen molar-refractivity contribution in [2.24, 2.45) is 5.84 Å². The number of carbonyl (C=O) groups excluding carboxylic acids is 1. The first-order valence-electron chi connectivity index (χ1n) is 5.48. The van der Waals surface area contributed by atoms with Crippen molar-refractivity contribution in [3.05, 3.63) is 53.5 Å². The summed E-state index contributed by atoms with van der Waals surface area (Å²) in [4.78, 5) is 12.6. The van der Waals surface area contributed by atoms with E-state index < -0.39 is 5.91 Å². The van der Waals surface area contributed by atoms with Gasteiger partial charge in [-0.05, 0) is 24.6 Å². The van der Waals surface area contributed by atoms with Gasteiger partial charge in [0.2, 0.25) is 0 Å². The maximum atomic E-state index is 11.4. The van der Waals surface area contributed by atoms with Crippen LogP contribution in [0, 0.1) is 6.92 Å². The largest absolute Gasteiger partial charge is 0.459 e. The zero-order valence-electron chi connectivity index (χ0n) is 9.97. The van der Waals surface area contributed by atoms with Gasteiger partial charge in [0.15, 0.2) is 5.76 Å². The number of carbonyl (C=O) groups is 1. The van der Waals surface area contributed by atoms with E-state index >= 15 is 0 Å². The first kappa shape index (κ1) is 12.7. The molecule has 2 rings (SSSR count). The molecule has 0 saturated carbocycles. The number of nitrogen functional groups attached to an aromatic ring is 1. The van der Waals surface area contributed by atoms with Crippen LogP contribution in [0.15, 0.2) is 45.9 Å². The van der Waals surface area contributed by atoms with Crippen LogP contribution in [0.5, 0.6) is 0 Å². The van der Waals surface area contributed by atoms with E-state index in [0.29, 0.717) is 5.75 Å². The highest BCUT2D eigenvalue weighted by Crippen LogP contribution is 2.27. The van der Waals surface area contributed by atoms with Gasteiger partial charge in [-0.2, -0.15) is 0 Å². The quantitative estimate of drug-likeness (QED) is 0.384. The normalized spacial score (nSPS) is 10.3. The summed E-state index contributed by atoms with van der Waals surface area (Å²) < 4.78 is 5.13. The highest BCUT2D eigenvalue weighted by atomic mass is 32.2. The smallest absolute Gasteiger partial charge is 0.301 e. The van der Waals surface area contributed by atoms with E-state index in [2.05, 4.69) is 24.5 Å². The second-order valence-electron chi connectivity index (χ2n) is 3.80. The molecule has 0 aliphatic heterocycles. The van der Waals surface area contributed by atoms with Gasteiger partial charge in [-0.15, -0.1) is 11.8 Å². The van der Waals surface area contributed by atoms with E-state index in [1.165, 1.54) is 16.7 Å². The molecule has 0 bridgehead atoms. The number of benzene rings is 1. The second kappa shape index (κ2) is 5.75. The lowest BCUT2D eigenvalue weighted by Crippen LogP contribution is -2.30. The number of amides is 1. The van der Waals surface area contributed by atoms with E-state index in [1.807, 2.05) is 12.1 Å². The standard InChI is InChI=1S/C13H14N2O2S/c1-9-4-2-3-5-11(9)18-8-10-6-7-17-12(10)13(16)15-14/h2-7H,8,14H2,1H3,(H,15,16). The van der Waals surface area contributed by atoms with Crippen LogP contribution in [0.2, 0.25) is 0 Å². The van der Waals surface area contributed by atoms with Crippen molar-refractivity contribution < 1.29 is 9.21 Å². The van der Waals surface area contributed by atoms with Crippen LogP contribution in [-0.2, 0) is 5.75 Å². The maximum Gasteiger partial charge on any atom is 0.301 e. The van der Waals surface area contributed by atoms with Crippen molar-refractivity contribution in [2.75, 3.05) is 0 Å². The summed E-state index contributed by atoms with van der Waals surface area (Å²) in [6.45, 7) is 2.06. The van der Waals surface area contributed by atoms with Crippen LogP contribution in [0.3, 0.4) is 0 Å². The summed E-state index contributed by atoms with van der Waals surface area (Å²) in [6.07, 6.45) is 1.50. The third kappa shape index (κ3) is 2.75. The zero-order valence-corrected chi connectivity index (χ0v) is 10.8. The van der Waals surface area contributed by atoms with Gasteiger partial charge >= 0.3 is 5.91 Å². The Kier molecular flexibility index (Phi) is 4.07. The molecule has 1 aromatic heterocycles. The van der Waals surface area contributed by atoms with Gasteiger partial charge in [-0.3, -0.25) is 10.2 Å². The van der Waals surface area contributed by atoms with Crippen molar-refractivity contribution in [3.8, 4) is 0 Å². The van der Waals surface area contributed by atoms with Crippen molar-refractivity contribution in [1.29, 1.82) is 0 Å². The number of nitrogens with two attached hydrogens (primary N) is 1. The second-order valence-corrected chi connectivity index (χ2v) is 4.82. The molecule has 0 spiro atoms. The predicted molar refractivity (Wildman–Crippen MR) is 71.1 cm³/mol. The lowest BCUT2D eigenvalue weighted by Gasteiger charge is -2.05. The summed E-state index contributed by atoms with van der Waals surface area (Å²) in [7, 11) is 0. The molecule has 0 aliphatic rings. The van der Waals surface area contributed by atoms with Crippen LogP contribution in [0.4, 0.5) is 0 Å². The van der Waals surface area contributed by atoms with Crippen molar-refractivity contribution in [3.63, 3.8) is 0 Å². The molecule has 0 fully saturated rings. The van der Waals surface area contributed by atoms with Crippen LogP contribution >= 0.6 is 11.8 Å². The van der Waals surface area contributed by atoms with Gasteiger partial charge in [0, 0.05) is 16.2 Å².